The summed E-state index contributed by atoms with van der Waals surface area (Å²) in [5.74, 6) is -2.38. The second-order valence-corrected chi connectivity index (χ2v) is 7.53. The second kappa shape index (κ2) is 6.88. The van der Waals surface area contributed by atoms with E-state index < -0.39 is 34.1 Å². The van der Waals surface area contributed by atoms with Gasteiger partial charge in [-0.1, -0.05) is 11.6 Å². The number of aryl methyl sites for hydroxylation is 2. The van der Waals surface area contributed by atoms with E-state index in [0.717, 1.165) is 28.6 Å². The molecule has 27 heavy (non-hydrogen) atoms. The smallest absolute Gasteiger partial charge is 0.268 e. The molecular weight excluding hydrogens is 384 g/mol. The van der Waals surface area contributed by atoms with E-state index in [1.165, 1.54) is 6.92 Å². The first-order valence-corrected chi connectivity index (χ1v) is 9.12. The molecule has 3 rings (SSSR count). The van der Waals surface area contributed by atoms with Gasteiger partial charge in [0.25, 0.3) is 5.56 Å². The summed E-state index contributed by atoms with van der Waals surface area (Å²) in [5.41, 5.74) is 0.452. The summed E-state index contributed by atoms with van der Waals surface area (Å²) in [5, 5.41) is 0.246. The highest BCUT2D eigenvalue weighted by atomic mass is 32.2. The first-order chi connectivity index (χ1) is 12.6. The van der Waals surface area contributed by atoms with Crippen LogP contribution < -0.4 is 5.56 Å². The van der Waals surface area contributed by atoms with Crippen LogP contribution in [0, 0.1) is 19.7 Å². The Balaban J connectivity index is 2.19. The number of halogens is 4. The van der Waals surface area contributed by atoms with Gasteiger partial charge in [0, 0.05) is 4.90 Å². The van der Waals surface area contributed by atoms with Gasteiger partial charge in [0.2, 0.25) is 0 Å². The third-order valence-corrected chi connectivity index (χ3v) is 5.48. The lowest BCUT2D eigenvalue weighted by atomic mass is 10.1. The molecule has 0 aliphatic rings. The lowest BCUT2D eigenvalue weighted by Gasteiger charge is -2.13. The van der Waals surface area contributed by atoms with Gasteiger partial charge in [0.05, 0.1) is 27.4 Å². The maximum absolute atomic E-state index is 14.5. The van der Waals surface area contributed by atoms with Gasteiger partial charge in [0.1, 0.15) is 17.9 Å². The van der Waals surface area contributed by atoms with Crippen molar-refractivity contribution in [1.29, 1.82) is 0 Å². The normalized spacial score (nSPS) is 13.1. The SMILES string of the molecule is Cc1ccc2ncn(-c3cc(S(=O)CC(F)(F)F)c(C)cc3F)c(=O)c2c1. The number of hydrogen-bond acceptors (Lipinski definition) is 3. The van der Waals surface area contributed by atoms with E-state index in [-0.39, 0.29) is 21.5 Å². The minimum Gasteiger partial charge on any atom is -0.268 e. The summed E-state index contributed by atoms with van der Waals surface area (Å²) in [7, 11) is -2.42. The van der Waals surface area contributed by atoms with Gasteiger partial charge in [-0.2, -0.15) is 13.2 Å². The molecule has 142 valence electrons. The molecule has 1 unspecified atom stereocenters. The van der Waals surface area contributed by atoms with Crippen LogP contribution in [0.2, 0.25) is 0 Å². The minimum atomic E-state index is -4.63. The van der Waals surface area contributed by atoms with Crippen molar-refractivity contribution < 1.29 is 21.8 Å². The zero-order valence-corrected chi connectivity index (χ0v) is 15.1. The monoisotopic (exact) mass is 398 g/mol. The average Bonchev–Trinajstić information content (AvgIpc) is 2.55. The summed E-state index contributed by atoms with van der Waals surface area (Å²) in [4.78, 5) is 16.6. The van der Waals surface area contributed by atoms with E-state index in [1.807, 2.05) is 0 Å². The Kier molecular flexibility index (Phi) is 4.90. The van der Waals surface area contributed by atoms with Gasteiger partial charge in [-0.25, -0.2) is 9.37 Å². The number of hydrogen-bond donors (Lipinski definition) is 0. The van der Waals surface area contributed by atoms with Crippen LogP contribution in [0.3, 0.4) is 0 Å². The van der Waals surface area contributed by atoms with Crippen LogP contribution in [0.15, 0.2) is 46.3 Å². The largest absolute Gasteiger partial charge is 0.400 e. The van der Waals surface area contributed by atoms with Gasteiger partial charge in [-0.05, 0) is 43.7 Å². The van der Waals surface area contributed by atoms with E-state index >= 15 is 0 Å². The minimum absolute atomic E-state index is 0.108. The van der Waals surface area contributed by atoms with Crippen molar-refractivity contribution in [2.24, 2.45) is 0 Å². The second-order valence-electron chi connectivity index (χ2n) is 6.11. The fourth-order valence-corrected chi connectivity index (χ4v) is 3.82. The summed E-state index contributed by atoms with van der Waals surface area (Å²) in [6.07, 6.45) is -3.53. The van der Waals surface area contributed by atoms with E-state index in [2.05, 4.69) is 4.98 Å². The van der Waals surface area contributed by atoms with Crippen LogP contribution in [0.5, 0.6) is 0 Å². The van der Waals surface area contributed by atoms with Crippen LogP contribution in [0.1, 0.15) is 11.1 Å². The van der Waals surface area contributed by atoms with Crippen LogP contribution >= 0.6 is 0 Å². The molecule has 0 saturated carbocycles. The summed E-state index contributed by atoms with van der Waals surface area (Å²) in [6, 6.07) is 6.98. The van der Waals surface area contributed by atoms with Gasteiger partial charge in [-0.15, -0.1) is 0 Å². The molecular formula is C18H14F4N2O2S. The molecule has 2 aromatic carbocycles. The quantitative estimate of drug-likeness (QED) is 0.631. The number of aromatic nitrogens is 2. The number of fused-ring (bicyclic) bond motifs is 1. The topological polar surface area (TPSA) is 52.0 Å². The Labute approximate surface area is 153 Å². The van der Waals surface area contributed by atoms with Crippen molar-refractivity contribution in [3.05, 3.63) is 64.0 Å². The van der Waals surface area contributed by atoms with Crippen molar-refractivity contribution in [2.45, 2.75) is 24.9 Å². The molecule has 0 fully saturated rings. The van der Waals surface area contributed by atoms with Crippen molar-refractivity contribution >= 4 is 21.7 Å². The maximum atomic E-state index is 14.5. The summed E-state index contributed by atoms with van der Waals surface area (Å²) < 4.78 is 65.2. The van der Waals surface area contributed by atoms with Crippen molar-refractivity contribution in [2.75, 3.05) is 5.75 Å². The number of alkyl halides is 3. The standard InChI is InChI=1S/C18H14F4N2O2S/c1-10-3-4-14-12(5-10)17(25)24(9-23-14)15-7-16(11(2)6-13(15)19)27(26)8-18(20,21)22/h3-7,9H,8H2,1-2H3. The molecule has 3 aromatic rings. The molecule has 9 heteroatoms. The third kappa shape index (κ3) is 3.92. The van der Waals surface area contributed by atoms with Crippen LogP contribution in [0.4, 0.5) is 17.6 Å². The number of nitrogens with zero attached hydrogens (tertiary/aromatic N) is 2. The lowest BCUT2D eigenvalue weighted by molar-refractivity contribution is -0.105. The molecule has 0 amide bonds. The molecule has 4 nitrogen and oxygen atoms in total. The van der Waals surface area contributed by atoms with E-state index in [1.54, 1.807) is 25.1 Å². The first kappa shape index (κ1) is 19.2. The van der Waals surface area contributed by atoms with Crippen molar-refractivity contribution in [3.8, 4) is 5.69 Å². The Hall–Kier alpha value is -2.55. The Morgan fingerprint density at radius 3 is 2.52 bits per heavy atom. The lowest BCUT2D eigenvalue weighted by Crippen LogP contribution is -2.22. The predicted octanol–water partition coefficient (Wildman–Crippen LogP) is 3.81. The Morgan fingerprint density at radius 2 is 1.85 bits per heavy atom. The van der Waals surface area contributed by atoms with Gasteiger partial charge in [-0.3, -0.25) is 13.6 Å². The highest BCUT2D eigenvalue weighted by molar-refractivity contribution is 7.85. The number of benzene rings is 2. The predicted molar refractivity (Wildman–Crippen MR) is 94.1 cm³/mol. The van der Waals surface area contributed by atoms with Crippen LogP contribution in [-0.2, 0) is 10.8 Å². The Bertz CT molecular complexity index is 1120. The number of rotatable bonds is 3. The van der Waals surface area contributed by atoms with Gasteiger partial charge < -0.3 is 0 Å². The fraction of sp³-hybridized carbons (Fsp3) is 0.222. The molecule has 1 aromatic heterocycles. The van der Waals surface area contributed by atoms with Crippen LogP contribution in [-0.4, -0.2) is 25.7 Å². The molecule has 0 aliphatic carbocycles. The van der Waals surface area contributed by atoms with Crippen LogP contribution in [0.25, 0.3) is 16.6 Å². The third-order valence-electron chi connectivity index (χ3n) is 3.96. The summed E-state index contributed by atoms with van der Waals surface area (Å²) >= 11 is 0. The molecule has 0 saturated heterocycles. The van der Waals surface area contributed by atoms with E-state index in [0.29, 0.717) is 5.52 Å². The molecule has 0 bridgehead atoms. The molecule has 0 radical (unpaired) electrons. The highest BCUT2D eigenvalue weighted by Crippen LogP contribution is 2.25. The fourth-order valence-electron chi connectivity index (χ4n) is 2.71. The molecule has 0 spiro atoms. The van der Waals surface area contributed by atoms with Crippen molar-refractivity contribution in [3.63, 3.8) is 0 Å². The molecule has 1 heterocycles. The molecule has 0 aliphatic heterocycles. The van der Waals surface area contributed by atoms with Crippen molar-refractivity contribution in [1.82, 2.24) is 9.55 Å². The first-order valence-electron chi connectivity index (χ1n) is 7.80. The summed E-state index contributed by atoms with van der Waals surface area (Å²) in [6.45, 7) is 3.14. The van der Waals surface area contributed by atoms with E-state index in [9.17, 15) is 26.6 Å². The highest BCUT2D eigenvalue weighted by Gasteiger charge is 2.32. The molecule has 0 N–H and O–H groups in total. The average molecular weight is 398 g/mol. The molecule has 1 atom stereocenters. The van der Waals surface area contributed by atoms with Gasteiger partial charge >= 0.3 is 6.18 Å². The maximum Gasteiger partial charge on any atom is 0.400 e. The zero-order valence-electron chi connectivity index (χ0n) is 14.3. The van der Waals surface area contributed by atoms with Gasteiger partial charge in [0.15, 0.2) is 0 Å². The Morgan fingerprint density at radius 1 is 1.15 bits per heavy atom. The van der Waals surface area contributed by atoms with E-state index in [4.69, 9.17) is 0 Å². The zero-order chi connectivity index (χ0) is 19.9.